The highest BCUT2D eigenvalue weighted by molar-refractivity contribution is 5.91. The lowest BCUT2D eigenvalue weighted by atomic mass is 10.0. The van der Waals surface area contributed by atoms with Crippen LogP contribution in [-0.4, -0.2) is 17.6 Å². The van der Waals surface area contributed by atoms with E-state index in [2.05, 4.69) is 4.74 Å². The van der Waals surface area contributed by atoms with E-state index >= 15 is 0 Å². The van der Waals surface area contributed by atoms with Gasteiger partial charge in [0.05, 0.1) is 0 Å². The fraction of sp³-hybridized carbons (Fsp3) is 0.286. The largest absolute Gasteiger partial charge is 0.455 e. The molecule has 2 aromatic carbocycles. The molecule has 0 amide bonds. The molecule has 1 unspecified atom stereocenters. The van der Waals surface area contributed by atoms with E-state index in [0.717, 1.165) is 29.2 Å². The number of alkyl halides is 3. The van der Waals surface area contributed by atoms with Crippen molar-refractivity contribution in [1.29, 1.82) is 0 Å². The van der Waals surface area contributed by atoms with Gasteiger partial charge in [-0.05, 0) is 46.9 Å². The number of aliphatic hydroxyl groups excluding tert-OH is 1. The molecule has 0 saturated carbocycles. The van der Waals surface area contributed by atoms with Crippen molar-refractivity contribution < 1.29 is 23.0 Å². The van der Waals surface area contributed by atoms with E-state index in [1.165, 1.54) is 11.6 Å². The highest BCUT2D eigenvalue weighted by Crippen LogP contribution is 2.35. The van der Waals surface area contributed by atoms with E-state index < -0.39 is 12.5 Å². The molecule has 3 rings (SSSR count). The third-order valence-corrected chi connectivity index (χ3v) is 3.31. The van der Waals surface area contributed by atoms with E-state index in [0.29, 0.717) is 0 Å². The van der Waals surface area contributed by atoms with Gasteiger partial charge in [0.15, 0.2) is 0 Å². The Bertz CT molecular complexity index is 634. The van der Waals surface area contributed by atoms with Crippen LogP contribution in [0.4, 0.5) is 13.2 Å². The molecule has 0 saturated heterocycles. The summed E-state index contributed by atoms with van der Waals surface area (Å²) in [6.07, 6.45) is -5.90. The van der Waals surface area contributed by atoms with Crippen molar-refractivity contribution in [3.8, 4) is 5.75 Å². The third kappa shape index (κ3) is 2.14. The predicted octanol–water partition coefficient (Wildman–Crippen LogP) is 3.20. The molecule has 2 aromatic rings. The van der Waals surface area contributed by atoms with E-state index in [1.807, 2.05) is 18.2 Å². The van der Waals surface area contributed by atoms with Crippen LogP contribution in [0.3, 0.4) is 0 Å². The van der Waals surface area contributed by atoms with Gasteiger partial charge in [0.25, 0.3) is 6.29 Å². The van der Waals surface area contributed by atoms with Crippen molar-refractivity contribution in [3.05, 3.63) is 41.5 Å². The van der Waals surface area contributed by atoms with E-state index in [9.17, 15) is 13.2 Å². The smallest absolute Gasteiger partial charge is 0.452 e. The normalized spacial score (nSPS) is 15.8. The lowest BCUT2D eigenvalue weighted by Gasteiger charge is -2.17. The highest BCUT2D eigenvalue weighted by Gasteiger charge is 2.40. The topological polar surface area (TPSA) is 29.5 Å². The van der Waals surface area contributed by atoms with Crippen LogP contribution >= 0.6 is 0 Å². The maximum Gasteiger partial charge on any atom is 0.452 e. The first kappa shape index (κ1) is 12.3. The quantitative estimate of drug-likeness (QED) is 0.847. The number of hydrogen-bond donors (Lipinski definition) is 1. The van der Waals surface area contributed by atoms with Gasteiger partial charge in [-0.15, -0.1) is 0 Å². The molecular weight excluding hydrogens is 257 g/mol. The number of benzene rings is 2. The fourth-order valence-corrected chi connectivity index (χ4v) is 2.51. The lowest BCUT2D eigenvalue weighted by Crippen LogP contribution is -2.33. The van der Waals surface area contributed by atoms with E-state index in [4.69, 9.17) is 5.11 Å². The van der Waals surface area contributed by atoms with Crippen LogP contribution < -0.4 is 4.74 Å². The summed E-state index contributed by atoms with van der Waals surface area (Å²) < 4.78 is 41.4. The van der Waals surface area contributed by atoms with Gasteiger partial charge in [0, 0.05) is 0 Å². The van der Waals surface area contributed by atoms with Gasteiger partial charge in [-0.25, -0.2) is 0 Å². The third-order valence-electron chi connectivity index (χ3n) is 3.31. The summed E-state index contributed by atoms with van der Waals surface area (Å²) in [5.41, 5.74) is 2.17. The Morgan fingerprint density at radius 1 is 1.11 bits per heavy atom. The molecule has 0 fully saturated rings. The average molecular weight is 268 g/mol. The minimum Gasteiger partial charge on any atom is -0.455 e. The van der Waals surface area contributed by atoms with Crippen molar-refractivity contribution in [3.63, 3.8) is 0 Å². The van der Waals surface area contributed by atoms with Crippen LogP contribution in [0.15, 0.2) is 30.3 Å². The number of aliphatic hydroxyl groups is 1. The van der Waals surface area contributed by atoms with Crippen molar-refractivity contribution in [1.82, 2.24) is 0 Å². The maximum absolute atomic E-state index is 12.3. The van der Waals surface area contributed by atoms with Crippen LogP contribution in [-0.2, 0) is 12.8 Å². The molecule has 0 bridgehead atoms. The summed E-state index contributed by atoms with van der Waals surface area (Å²) in [6, 6.07) is 8.83. The van der Waals surface area contributed by atoms with Crippen molar-refractivity contribution >= 4 is 10.8 Å². The number of rotatable bonds is 2. The number of hydrogen-bond acceptors (Lipinski definition) is 2. The maximum atomic E-state index is 12.3. The van der Waals surface area contributed by atoms with Crippen molar-refractivity contribution in [2.24, 2.45) is 0 Å². The molecule has 100 valence electrons. The lowest BCUT2D eigenvalue weighted by molar-refractivity contribution is -0.264. The van der Waals surface area contributed by atoms with Gasteiger partial charge < -0.3 is 9.84 Å². The fourth-order valence-electron chi connectivity index (χ4n) is 2.51. The van der Waals surface area contributed by atoms with Crippen molar-refractivity contribution in [2.75, 3.05) is 0 Å². The molecule has 2 nitrogen and oxygen atoms in total. The van der Waals surface area contributed by atoms with Gasteiger partial charge in [0.1, 0.15) is 5.75 Å². The van der Waals surface area contributed by atoms with Gasteiger partial charge in [0.2, 0.25) is 0 Å². The first-order chi connectivity index (χ1) is 8.95. The molecule has 0 heterocycles. The SMILES string of the molecule is OC(Oc1cc2c3c(cccc3c1)CC2)C(F)(F)F. The van der Waals surface area contributed by atoms with Crippen LogP contribution in [0.5, 0.6) is 5.75 Å². The highest BCUT2D eigenvalue weighted by atomic mass is 19.4. The van der Waals surface area contributed by atoms with E-state index in [1.54, 1.807) is 6.07 Å². The van der Waals surface area contributed by atoms with Crippen molar-refractivity contribution in [2.45, 2.75) is 25.3 Å². The molecule has 0 spiro atoms. The Balaban J connectivity index is 2.00. The Kier molecular flexibility index (Phi) is 2.67. The molecule has 1 N–H and O–H groups in total. The second kappa shape index (κ2) is 4.13. The molecule has 0 radical (unpaired) electrons. The number of halogens is 3. The first-order valence-electron chi connectivity index (χ1n) is 5.91. The minimum atomic E-state index is -4.78. The summed E-state index contributed by atoms with van der Waals surface area (Å²) in [5.74, 6) is 0.0476. The standard InChI is InChI=1S/C14H11F3O2/c15-14(16,17)13(18)19-11-6-9-3-1-2-8-4-5-10(7-11)12(8)9/h1-3,6-7,13,18H,4-5H2. The second-order valence-electron chi connectivity index (χ2n) is 4.61. The van der Waals surface area contributed by atoms with Gasteiger partial charge in [-0.2, -0.15) is 13.2 Å². The van der Waals surface area contributed by atoms with Crippen LogP contribution in [0.2, 0.25) is 0 Å². The Morgan fingerprint density at radius 3 is 2.58 bits per heavy atom. The van der Waals surface area contributed by atoms with E-state index in [-0.39, 0.29) is 5.75 Å². The molecule has 19 heavy (non-hydrogen) atoms. The Hall–Kier alpha value is -1.75. The second-order valence-corrected chi connectivity index (χ2v) is 4.61. The molecular formula is C14H11F3O2. The van der Waals surface area contributed by atoms with Crippen LogP contribution in [0.1, 0.15) is 11.1 Å². The molecule has 1 aliphatic rings. The molecule has 1 atom stereocenters. The number of ether oxygens (including phenoxy) is 1. The molecule has 1 aliphatic carbocycles. The summed E-state index contributed by atoms with van der Waals surface area (Å²) >= 11 is 0. The zero-order valence-corrected chi connectivity index (χ0v) is 9.87. The van der Waals surface area contributed by atoms with Gasteiger partial charge in [-0.3, -0.25) is 0 Å². The minimum absolute atomic E-state index is 0.0476. The summed E-state index contributed by atoms with van der Waals surface area (Å²) in [6.45, 7) is 0. The summed E-state index contributed by atoms with van der Waals surface area (Å²) in [7, 11) is 0. The summed E-state index contributed by atoms with van der Waals surface area (Å²) in [4.78, 5) is 0. The Morgan fingerprint density at radius 2 is 1.84 bits per heavy atom. The monoisotopic (exact) mass is 268 g/mol. The predicted molar refractivity (Wildman–Crippen MR) is 64.0 cm³/mol. The van der Waals surface area contributed by atoms with Crippen LogP contribution in [0, 0.1) is 0 Å². The zero-order chi connectivity index (χ0) is 13.6. The van der Waals surface area contributed by atoms with Gasteiger partial charge >= 0.3 is 6.18 Å². The average Bonchev–Trinajstić information content (AvgIpc) is 2.73. The molecule has 5 heteroatoms. The zero-order valence-electron chi connectivity index (χ0n) is 9.87. The molecule has 0 aliphatic heterocycles. The van der Waals surface area contributed by atoms with Crippen LogP contribution in [0.25, 0.3) is 10.8 Å². The number of aryl methyl sites for hydroxylation is 2. The van der Waals surface area contributed by atoms with Gasteiger partial charge in [-0.1, -0.05) is 18.2 Å². The Labute approximate surface area is 107 Å². The molecule has 0 aromatic heterocycles. The summed E-state index contributed by atoms with van der Waals surface area (Å²) in [5, 5.41) is 10.9. The first-order valence-corrected chi connectivity index (χ1v) is 5.91.